The van der Waals surface area contributed by atoms with Crippen LogP contribution in [0, 0.1) is 6.92 Å². The second-order valence-corrected chi connectivity index (χ2v) is 5.64. The minimum Gasteiger partial charge on any atom is -0.378 e. The largest absolute Gasteiger partial charge is 0.378 e. The number of ether oxygens (including phenoxy) is 1. The third kappa shape index (κ3) is 2.32. The highest BCUT2D eigenvalue weighted by Gasteiger charge is 2.20. The molecule has 94 valence electrons. The lowest BCUT2D eigenvalue weighted by Gasteiger charge is -2.21. The highest BCUT2D eigenvalue weighted by molar-refractivity contribution is 7.12. The topological polar surface area (TPSA) is 34.1 Å². The van der Waals surface area contributed by atoms with Crippen molar-refractivity contribution in [3.05, 3.63) is 40.2 Å². The molecule has 1 aliphatic heterocycles. The SMILES string of the molecule is Cc1sc(C2COCCN2)nc1-c1ccccc1. The molecule has 1 aliphatic rings. The van der Waals surface area contributed by atoms with Crippen LogP contribution in [-0.2, 0) is 4.74 Å². The van der Waals surface area contributed by atoms with Crippen molar-refractivity contribution < 1.29 is 4.74 Å². The Labute approximate surface area is 111 Å². The fraction of sp³-hybridized carbons (Fsp3) is 0.357. The molecular weight excluding hydrogens is 244 g/mol. The zero-order valence-corrected chi connectivity index (χ0v) is 11.2. The molecule has 0 spiro atoms. The van der Waals surface area contributed by atoms with Gasteiger partial charge in [-0.05, 0) is 6.92 Å². The molecule has 3 nitrogen and oxygen atoms in total. The number of thiazole rings is 1. The molecule has 1 fully saturated rings. The Morgan fingerprint density at radius 1 is 1.33 bits per heavy atom. The Morgan fingerprint density at radius 3 is 2.89 bits per heavy atom. The zero-order valence-electron chi connectivity index (χ0n) is 10.3. The van der Waals surface area contributed by atoms with Crippen molar-refractivity contribution in [3.63, 3.8) is 0 Å². The van der Waals surface area contributed by atoms with Crippen molar-refractivity contribution in [2.75, 3.05) is 19.8 Å². The standard InChI is InChI=1S/C14H16N2OS/c1-10-13(11-5-3-2-4-6-11)16-14(18-10)12-9-17-8-7-15-12/h2-6,12,15H,7-9H2,1H3. The van der Waals surface area contributed by atoms with E-state index in [0.717, 1.165) is 30.5 Å². The van der Waals surface area contributed by atoms with Gasteiger partial charge in [-0.1, -0.05) is 30.3 Å². The van der Waals surface area contributed by atoms with Crippen molar-refractivity contribution in [2.24, 2.45) is 0 Å². The van der Waals surface area contributed by atoms with E-state index < -0.39 is 0 Å². The van der Waals surface area contributed by atoms with Crippen LogP contribution in [0.3, 0.4) is 0 Å². The fourth-order valence-electron chi connectivity index (χ4n) is 2.15. The monoisotopic (exact) mass is 260 g/mol. The van der Waals surface area contributed by atoms with E-state index >= 15 is 0 Å². The van der Waals surface area contributed by atoms with E-state index in [-0.39, 0.29) is 6.04 Å². The fourth-order valence-corrected chi connectivity index (χ4v) is 3.16. The molecular formula is C14H16N2OS. The number of aryl methyl sites for hydroxylation is 1. The normalized spacial score (nSPS) is 19.9. The number of rotatable bonds is 2. The zero-order chi connectivity index (χ0) is 12.4. The van der Waals surface area contributed by atoms with Gasteiger partial charge in [0.15, 0.2) is 0 Å². The van der Waals surface area contributed by atoms with Crippen LogP contribution in [0.5, 0.6) is 0 Å². The molecule has 3 rings (SSSR count). The number of hydrogen-bond acceptors (Lipinski definition) is 4. The third-order valence-corrected chi connectivity index (χ3v) is 4.16. The summed E-state index contributed by atoms with van der Waals surface area (Å²) in [4.78, 5) is 6.05. The molecule has 1 aromatic carbocycles. The number of benzene rings is 1. The maximum absolute atomic E-state index is 5.50. The molecule has 4 heteroatoms. The lowest BCUT2D eigenvalue weighted by atomic mass is 10.1. The lowest BCUT2D eigenvalue weighted by Crippen LogP contribution is -2.34. The lowest BCUT2D eigenvalue weighted by molar-refractivity contribution is 0.0768. The molecule has 1 N–H and O–H groups in total. The van der Waals surface area contributed by atoms with Gasteiger partial charge in [0.25, 0.3) is 0 Å². The molecule has 1 aromatic heterocycles. The summed E-state index contributed by atoms with van der Waals surface area (Å²) >= 11 is 1.76. The first kappa shape index (κ1) is 11.8. The summed E-state index contributed by atoms with van der Waals surface area (Å²) in [7, 11) is 0. The highest BCUT2D eigenvalue weighted by atomic mass is 32.1. The number of nitrogens with one attached hydrogen (secondary N) is 1. The number of hydrogen-bond donors (Lipinski definition) is 1. The Hall–Kier alpha value is -1.23. The Kier molecular flexibility index (Phi) is 3.41. The summed E-state index contributed by atoms with van der Waals surface area (Å²) in [6.45, 7) is 4.56. The predicted octanol–water partition coefficient (Wildman–Crippen LogP) is 2.78. The van der Waals surface area contributed by atoms with E-state index in [1.807, 2.05) is 6.07 Å². The van der Waals surface area contributed by atoms with Crippen LogP contribution >= 0.6 is 11.3 Å². The van der Waals surface area contributed by atoms with Crippen LogP contribution in [0.4, 0.5) is 0 Å². The predicted molar refractivity (Wildman–Crippen MR) is 73.8 cm³/mol. The van der Waals surface area contributed by atoms with E-state index in [1.165, 1.54) is 10.4 Å². The summed E-state index contributed by atoms with van der Waals surface area (Å²) in [5.41, 5.74) is 2.29. The van der Waals surface area contributed by atoms with Crippen LogP contribution in [0.1, 0.15) is 15.9 Å². The van der Waals surface area contributed by atoms with Gasteiger partial charge in [-0.3, -0.25) is 0 Å². The average Bonchev–Trinajstić information content (AvgIpc) is 2.83. The van der Waals surface area contributed by atoms with Crippen molar-refractivity contribution in [1.82, 2.24) is 10.3 Å². The third-order valence-electron chi connectivity index (χ3n) is 3.08. The molecule has 1 atom stereocenters. The molecule has 0 amide bonds. The van der Waals surface area contributed by atoms with E-state index in [4.69, 9.17) is 9.72 Å². The van der Waals surface area contributed by atoms with Crippen LogP contribution in [-0.4, -0.2) is 24.7 Å². The van der Waals surface area contributed by atoms with Gasteiger partial charge in [-0.2, -0.15) is 0 Å². The smallest absolute Gasteiger partial charge is 0.113 e. The van der Waals surface area contributed by atoms with E-state index in [2.05, 4.69) is 36.5 Å². The van der Waals surface area contributed by atoms with Gasteiger partial charge >= 0.3 is 0 Å². The summed E-state index contributed by atoms with van der Waals surface area (Å²) in [6.07, 6.45) is 0. The van der Waals surface area contributed by atoms with Gasteiger partial charge in [-0.25, -0.2) is 4.98 Å². The maximum atomic E-state index is 5.50. The summed E-state index contributed by atoms with van der Waals surface area (Å²) in [6, 6.07) is 10.6. The van der Waals surface area contributed by atoms with Crippen molar-refractivity contribution in [3.8, 4) is 11.3 Å². The van der Waals surface area contributed by atoms with Gasteiger partial charge in [0.1, 0.15) is 5.01 Å². The second kappa shape index (κ2) is 5.18. The Balaban J connectivity index is 1.91. The van der Waals surface area contributed by atoms with Crippen LogP contribution in [0.2, 0.25) is 0 Å². The second-order valence-electron chi connectivity index (χ2n) is 4.40. The number of morpholine rings is 1. The van der Waals surface area contributed by atoms with E-state index in [9.17, 15) is 0 Å². The summed E-state index contributed by atoms with van der Waals surface area (Å²) in [5.74, 6) is 0. The first-order valence-electron chi connectivity index (χ1n) is 6.18. The number of aromatic nitrogens is 1. The Morgan fingerprint density at radius 2 is 2.17 bits per heavy atom. The minimum absolute atomic E-state index is 0.250. The van der Waals surface area contributed by atoms with Gasteiger partial charge < -0.3 is 10.1 Å². The highest BCUT2D eigenvalue weighted by Crippen LogP contribution is 2.30. The van der Waals surface area contributed by atoms with Crippen LogP contribution in [0.25, 0.3) is 11.3 Å². The quantitative estimate of drug-likeness (QED) is 0.901. The molecule has 0 radical (unpaired) electrons. The van der Waals surface area contributed by atoms with Crippen LogP contribution in [0.15, 0.2) is 30.3 Å². The summed E-state index contributed by atoms with van der Waals surface area (Å²) < 4.78 is 5.50. The maximum Gasteiger partial charge on any atom is 0.113 e. The van der Waals surface area contributed by atoms with Gasteiger partial charge in [0, 0.05) is 17.0 Å². The van der Waals surface area contributed by atoms with Gasteiger partial charge in [0.2, 0.25) is 0 Å². The molecule has 0 saturated carbocycles. The van der Waals surface area contributed by atoms with Gasteiger partial charge in [-0.15, -0.1) is 11.3 Å². The first-order chi connectivity index (χ1) is 8.84. The minimum atomic E-state index is 0.250. The van der Waals surface area contributed by atoms with E-state index in [0.29, 0.717) is 0 Å². The number of nitrogens with zero attached hydrogens (tertiary/aromatic N) is 1. The van der Waals surface area contributed by atoms with Crippen molar-refractivity contribution >= 4 is 11.3 Å². The molecule has 2 heterocycles. The molecule has 18 heavy (non-hydrogen) atoms. The molecule has 0 aliphatic carbocycles. The first-order valence-corrected chi connectivity index (χ1v) is 7.00. The van der Waals surface area contributed by atoms with Crippen molar-refractivity contribution in [1.29, 1.82) is 0 Å². The van der Waals surface area contributed by atoms with Gasteiger partial charge in [0.05, 0.1) is 24.9 Å². The molecule has 1 unspecified atom stereocenters. The average molecular weight is 260 g/mol. The van der Waals surface area contributed by atoms with E-state index in [1.54, 1.807) is 11.3 Å². The molecule has 2 aromatic rings. The van der Waals surface area contributed by atoms with Crippen molar-refractivity contribution in [2.45, 2.75) is 13.0 Å². The van der Waals surface area contributed by atoms with Crippen LogP contribution < -0.4 is 5.32 Å². The molecule has 0 bridgehead atoms. The molecule has 1 saturated heterocycles. The Bertz CT molecular complexity index is 518. The summed E-state index contributed by atoms with van der Waals surface area (Å²) in [5, 5.41) is 4.58.